The van der Waals surface area contributed by atoms with Gasteiger partial charge in [0.25, 0.3) is 5.91 Å². The van der Waals surface area contributed by atoms with Crippen LogP contribution in [0.25, 0.3) is 0 Å². The van der Waals surface area contributed by atoms with Gasteiger partial charge in [0.05, 0.1) is 11.4 Å². The van der Waals surface area contributed by atoms with E-state index in [-0.39, 0.29) is 31.6 Å². The van der Waals surface area contributed by atoms with Gasteiger partial charge in [-0.05, 0) is 43.0 Å². The summed E-state index contributed by atoms with van der Waals surface area (Å²) in [7, 11) is 1.41. The Bertz CT molecular complexity index is 829. The van der Waals surface area contributed by atoms with Crippen molar-refractivity contribution in [3.63, 3.8) is 0 Å². The summed E-state index contributed by atoms with van der Waals surface area (Å²) in [4.78, 5) is 12.9. The summed E-state index contributed by atoms with van der Waals surface area (Å²) in [6, 6.07) is 15.4. The number of amides is 1. The zero-order valence-corrected chi connectivity index (χ0v) is 16.2. The molecule has 150 valence electrons. The molecule has 2 aromatic carbocycles. The molecule has 0 bridgehead atoms. The minimum absolute atomic E-state index is 0.00113. The van der Waals surface area contributed by atoms with Gasteiger partial charge in [-0.25, -0.2) is 8.78 Å². The molecule has 3 rings (SSSR count). The zero-order valence-electron chi connectivity index (χ0n) is 16.2. The highest BCUT2D eigenvalue weighted by Crippen LogP contribution is 2.41. The highest BCUT2D eigenvalue weighted by molar-refractivity contribution is 5.99. The highest BCUT2D eigenvalue weighted by atomic mass is 19.3. The number of nitrogens with one attached hydrogen (secondary N) is 2. The first-order valence-corrected chi connectivity index (χ1v) is 9.47. The molecule has 0 atom stereocenters. The zero-order chi connectivity index (χ0) is 20.2. The van der Waals surface area contributed by atoms with Crippen LogP contribution in [-0.4, -0.2) is 24.5 Å². The number of hydrogen-bond donors (Lipinski definition) is 2. The molecule has 0 spiro atoms. The summed E-state index contributed by atoms with van der Waals surface area (Å²) < 4.78 is 32.5. The third-order valence-corrected chi connectivity index (χ3v) is 5.50. The lowest BCUT2D eigenvalue weighted by Crippen LogP contribution is -2.49. The van der Waals surface area contributed by atoms with Crippen LogP contribution in [0.1, 0.15) is 36.8 Å². The predicted molar refractivity (Wildman–Crippen MR) is 107 cm³/mol. The summed E-state index contributed by atoms with van der Waals surface area (Å²) in [5, 5.41) is 6.23. The number of carbonyl (C=O) groups excluding carboxylic acids is 1. The molecule has 0 heterocycles. The maximum absolute atomic E-state index is 13.5. The first-order valence-electron chi connectivity index (χ1n) is 9.47. The van der Waals surface area contributed by atoms with Gasteiger partial charge in [-0.15, -0.1) is 0 Å². The van der Waals surface area contributed by atoms with Gasteiger partial charge in [0.1, 0.15) is 5.60 Å². The lowest BCUT2D eigenvalue weighted by molar-refractivity contribution is -0.154. The molecular formula is C22H26F2N2O2. The third kappa shape index (κ3) is 4.50. The Morgan fingerprint density at radius 3 is 2.25 bits per heavy atom. The number of rotatable bonds is 6. The normalized spacial score (nSPS) is 17.7. The molecular weight excluding hydrogens is 362 g/mol. The van der Waals surface area contributed by atoms with E-state index in [2.05, 4.69) is 10.6 Å². The molecule has 2 N–H and O–H groups in total. The largest absolute Gasteiger partial charge is 0.379 e. The van der Waals surface area contributed by atoms with E-state index >= 15 is 0 Å². The van der Waals surface area contributed by atoms with Crippen molar-refractivity contribution in [2.24, 2.45) is 0 Å². The van der Waals surface area contributed by atoms with Crippen molar-refractivity contribution < 1.29 is 18.3 Å². The fraction of sp³-hybridized carbons (Fsp3) is 0.409. The van der Waals surface area contributed by atoms with Gasteiger partial charge in [0.2, 0.25) is 5.92 Å². The Labute approximate surface area is 164 Å². The number of carbonyl (C=O) groups is 1. The number of halogens is 2. The van der Waals surface area contributed by atoms with Crippen molar-refractivity contribution in [3.05, 3.63) is 59.7 Å². The molecule has 1 aliphatic carbocycles. The second kappa shape index (κ2) is 8.27. The number of alkyl halides is 2. The smallest absolute Gasteiger partial charge is 0.256 e. The average molecular weight is 388 g/mol. The van der Waals surface area contributed by atoms with Gasteiger partial charge in [-0.2, -0.15) is 0 Å². The Morgan fingerprint density at radius 2 is 1.61 bits per heavy atom. The predicted octanol–water partition coefficient (Wildman–Crippen LogP) is 5.14. The molecule has 4 nitrogen and oxygen atoms in total. The molecule has 0 saturated heterocycles. The van der Waals surface area contributed by atoms with Crippen molar-refractivity contribution >= 4 is 17.3 Å². The number of benzene rings is 2. The lowest BCUT2D eigenvalue weighted by Gasteiger charge is -2.37. The van der Waals surface area contributed by atoms with E-state index in [4.69, 9.17) is 4.74 Å². The van der Waals surface area contributed by atoms with E-state index in [1.165, 1.54) is 12.7 Å². The first kappa shape index (κ1) is 20.3. The van der Waals surface area contributed by atoms with Crippen LogP contribution in [0.5, 0.6) is 0 Å². The Balaban J connectivity index is 1.72. The van der Waals surface area contributed by atoms with Crippen LogP contribution in [0.2, 0.25) is 0 Å². The van der Waals surface area contributed by atoms with Crippen molar-refractivity contribution in [3.8, 4) is 0 Å². The second-order valence-electron chi connectivity index (χ2n) is 7.33. The molecule has 0 radical (unpaired) electrons. The fourth-order valence-corrected chi connectivity index (χ4v) is 3.52. The average Bonchev–Trinajstić information content (AvgIpc) is 2.69. The van der Waals surface area contributed by atoms with Crippen LogP contribution in [0.3, 0.4) is 0 Å². The lowest BCUT2D eigenvalue weighted by atomic mass is 9.81. The summed E-state index contributed by atoms with van der Waals surface area (Å²) in [5.41, 5.74) is 2.50. The van der Waals surface area contributed by atoms with Crippen LogP contribution in [-0.2, 0) is 16.1 Å². The van der Waals surface area contributed by atoms with Crippen LogP contribution >= 0.6 is 0 Å². The van der Waals surface area contributed by atoms with Crippen LogP contribution in [0.15, 0.2) is 48.5 Å². The molecule has 28 heavy (non-hydrogen) atoms. The number of hydrogen-bond acceptors (Lipinski definition) is 3. The number of methoxy groups -OCH3 is 1. The summed E-state index contributed by atoms with van der Waals surface area (Å²) >= 11 is 0. The van der Waals surface area contributed by atoms with E-state index in [9.17, 15) is 13.6 Å². The topological polar surface area (TPSA) is 50.4 Å². The van der Waals surface area contributed by atoms with Crippen LogP contribution in [0.4, 0.5) is 20.2 Å². The van der Waals surface area contributed by atoms with Gasteiger partial charge in [-0.1, -0.05) is 36.4 Å². The second-order valence-corrected chi connectivity index (χ2v) is 7.33. The highest BCUT2D eigenvalue weighted by Gasteiger charge is 2.48. The molecule has 2 aromatic rings. The van der Waals surface area contributed by atoms with E-state index in [1.54, 1.807) is 6.07 Å². The van der Waals surface area contributed by atoms with Crippen molar-refractivity contribution in [2.45, 2.75) is 50.7 Å². The van der Waals surface area contributed by atoms with Gasteiger partial charge in [0, 0.05) is 26.5 Å². The first-order chi connectivity index (χ1) is 13.4. The number of ether oxygens (including phenoxy) is 1. The van der Waals surface area contributed by atoms with Gasteiger partial charge in [0.15, 0.2) is 0 Å². The van der Waals surface area contributed by atoms with E-state index in [0.717, 1.165) is 11.3 Å². The van der Waals surface area contributed by atoms with Crippen molar-refractivity contribution in [1.82, 2.24) is 0 Å². The van der Waals surface area contributed by atoms with Gasteiger partial charge in [-0.3, -0.25) is 4.79 Å². The number of anilines is 2. The van der Waals surface area contributed by atoms with E-state index in [0.29, 0.717) is 12.2 Å². The van der Waals surface area contributed by atoms with E-state index < -0.39 is 11.5 Å². The van der Waals surface area contributed by atoms with Crippen LogP contribution < -0.4 is 10.6 Å². The Hall–Kier alpha value is -2.47. The fourth-order valence-electron chi connectivity index (χ4n) is 3.52. The summed E-state index contributed by atoms with van der Waals surface area (Å²) in [6.07, 6.45) is -0.689. The molecule has 1 aliphatic rings. The molecule has 0 unspecified atom stereocenters. The van der Waals surface area contributed by atoms with Crippen molar-refractivity contribution in [2.75, 3.05) is 17.7 Å². The SMILES string of the molecule is COC1(C(=O)Nc2ccccc2NCc2ccccc2C)CCC(F)(F)CC1. The van der Waals surface area contributed by atoms with Crippen molar-refractivity contribution in [1.29, 1.82) is 0 Å². The molecule has 1 saturated carbocycles. The van der Waals surface area contributed by atoms with E-state index in [1.807, 2.05) is 49.4 Å². The molecule has 1 amide bonds. The number of aryl methyl sites for hydroxylation is 1. The minimum atomic E-state index is -2.73. The minimum Gasteiger partial charge on any atom is -0.379 e. The Morgan fingerprint density at radius 1 is 1.00 bits per heavy atom. The number of para-hydroxylation sites is 2. The van der Waals surface area contributed by atoms with Crippen LogP contribution in [0, 0.1) is 6.92 Å². The maximum atomic E-state index is 13.5. The quantitative estimate of drug-likeness (QED) is 0.720. The summed E-state index contributed by atoms with van der Waals surface area (Å²) in [6.45, 7) is 2.66. The monoisotopic (exact) mass is 388 g/mol. The molecule has 1 fully saturated rings. The van der Waals surface area contributed by atoms with Gasteiger partial charge >= 0.3 is 0 Å². The molecule has 6 heteroatoms. The summed E-state index contributed by atoms with van der Waals surface area (Å²) in [5.74, 6) is -3.11. The maximum Gasteiger partial charge on any atom is 0.256 e. The van der Waals surface area contributed by atoms with Gasteiger partial charge < -0.3 is 15.4 Å². The standard InChI is InChI=1S/C22H26F2N2O2/c1-16-7-3-4-8-17(16)15-25-18-9-5-6-10-19(18)26-20(27)21(28-2)11-13-22(23,24)14-12-21/h3-10,25H,11-15H2,1-2H3,(H,26,27). The molecule has 0 aliphatic heterocycles. The Kier molecular flexibility index (Phi) is 5.98. The molecule has 0 aromatic heterocycles. The third-order valence-electron chi connectivity index (χ3n) is 5.50.